The van der Waals surface area contributed by atoms with Crippen molar-refractivity contribution in [1.29, 1.82) is 0 Å². The fourth-order valence-corrected chi connectivity index (χ4v) is 5.72. The average molecular weight is 645 g/mol. The molecule has 1 heterocycles. The number of nitrogens with one attached hydrogen (secondary N) is 3. The Bertz CT molecular complexity index is 1870. The van der Waals surface area contributed by atoms with Crippen LogP contribution in [0, 0.1) is 0 Å². The van der Waals surface area contributed by atoms with Gasteiger partial charge in [-0.05, 0) is 60.2 Å². The van der Waals surface area contributed by atoms with E-state index >= 15 is 0 Å². The summed E-state index contributed by atoms with van der Waals surface area (Å²) in [6.07, 6.45) is 3.14. The molecule has 0 spiro atoms. The molecule has 10 heteroatoms. The Morgan fingerprint density at radius 3 is 2.19 bits per heavy atom. The number of thioether (sulfide) groups is 1. The van der Waals surface area contributed by atoms with Crippen LogP contribution in [0.25, 0.3) is 6.08 Å². The number of ether oxygens (including phenoxy) is 2. The van der Waals surface area contributed by atoms with E-state index in [0.29, 0.717) is 34.1 Å². The maximum Gasteiger partial charge on any atom is 0.272 e. The second kappa shape index (κ2) is 15.9. The highest BCUT2D eigenvalue weighted by atomic mass is 32.2. The summed E-state index contributed by atoms with van der Waals surface area (Å²) < 4.78 is 11.0. The molecule has 0 aliphatic rings. The number of hydrogen-bond donors (Lipinski definition) is 3. The highest BCUT2D eigenvalue weighted by molar-refractivity contribution is 8.00. The van der Waals surface area contributed by atoms with Crippen LogP contribution in [0.2, 0.25) is 0 Å². The molecule has 0 aliphatic carbocycles. The molecule has 0 fully saturated rings. The highest BCUT2D eigenvalue weighted by Crippen LogP contribution is 2.37. The summed E-state index contributed by atoms with van der Waals surface area (Å²) in [5.74, 6) is 0.0698. The van der Waals surface area contributed by atoms with Crippen molar-refractivity contribution >= 4 is 47.1 Å². The zero-order valence-electron chi connectivity index (χ0n) is 25.7. The lowest BCUT2D eigenvalue weighted by Gasteiger charge is -2.17. The number of carbonyl (C=O) groups is 3. The number of pyridine rings is 1. The molecule has 236 valence electrons. The molecular formula is C37H32N4O5S. The molecule has 4 aromatic carbocycles. The van der Waals surface area contributed by atoms with E-state index in [9.17, 15) is 14.4 Å². The summed E-state index contributed by atoms with van der Waals surface area (Å²) in [6.45, 7) is 0. The molecule has 0 saturated carbocycles. The lowest BCUT2D eigenvalue weighted by molar-refractivity contribution is -0.116. The summed E-state index contributed by atoms with van der Waals surface area (Å²) in [6, 6.07) is 35.7. The van der Waals surface area contributed by atoms with Crippen LogP contribution in [0.4, 0.5) is 11.5 Å². The SMILES string of the molecule is COc1cccc(/C=C(/NC(=O)c2ccccc2)C(=O)Nc2cccc(SC(C(=O)Nc3ccccn3)c3ccccc3)c2)c1OC. The molecule has 0 bridgehead atoms. The zero-order chi connectivity index (χ0) is 33.0. The molecule has 0 aliphatic heterocycles. The number of rotatable bonds is 12. The second-order valence-electron chi connectivity index (χ2n) is 10.1. The molecule has 3 amide bonds. The monoisotopic (exact) mass is 644 g/mol. The van der Waals surface area contributed by atoms with Crippen molar-refractivity contribution in [1.82, 2.24) is 10.3 Å². The van der Waals surface area contributed by atoms with Gasteiger partial charge in [0.1, 0.15) is 16.8 Å². The Kier molecular flexibility index (Phi) is 11.0. The van der Waals surface area contributed by atoms with Crippen molar-refractivity contribution in [2.75, 3.05) is 24.9 Å². The number of carbonyl (C=O) groups excluding carboxylic acids is 3. The highest BCUT2D eigenvalue weighted by Gasteiger charge is 2.23. The minimum absolute atomic E-state index is 0.0136. The van der Waals surface area contributed by atoms with Gasteiger partial charge in [0.25, 0.3) is 11.8 Å². The van der Waals surface area contributed by atoms with Crippen LogP contribution in [0.15, 0.2) is 138 Å². The van der Waals surface area contributed by atoms with Gasteiger partial charge >= 0.3 is 0 Å². The summed E-state index contributed by atoms with van der Waals surface area (Å²) in [7, 11) is 3.02. The average Bonchev–Trinajstić information content (AvgIpc) is 3.11. The molecule has 3 N–H and O–H groups in total. The number of amides is 3. The van der Waals surface area contributed by atoms with Crippen LogP contribution in [-0.2, 0) is 9.59 Å². The van der Waals surface area contributed by atoms with E-state index in [4.69, 9.17) is 9.47 Å². The van der Waals surface area contributed by atoms with Crippen molar-refractivity contribution in [2.45, 2.75) is 10.1 Å². The first-order valence-electron chi connectivity index (χ1n) is 14.6. The summed E-state index contributed by atoms with van der Waals surface area (Å²) in [5.41, 5.74) is 2.17. The molecule has 1 aromatic heterocycles. The smallest absolute Gasteiger partial charge is 0.272 e. The fraction of sp³-hybridized carbons (Fsp3) is 0.0811. The first-order valence-corrected chi connectivity index (χ1v) is 15.5. The third-order valence-electron chi connectivity index (χ3n) is 6.86. The predicted molar refractivity (Wildman–Crippen MR) is 184 cm³/mol. The van der Waals surface area contributed by atoms with E-state index in [1.165, 1.54) is 32.1 Å². The minimum atomic E-state index is -0.606. The largest absolute Gasteiger partial charge is 0.493 e. The van der Waals surface area contributed by atoms with Crippen molar-refractivity contribution < 1.29 is 23.9 Å². The van der Waals surface area contributed by atoms with Crippen LogP contribution < -0.4 is 25.4 Å². The Labute approximate surface area is 277 Å². The van der Waals surface area contributed by atoms with E-state index in [-0.39, 0.29) is 11.6 Å². The van der Waals surface area contributed by atoms with Crippen molar-refractivity contribution in [2.24, 2.45) is 0 Å². The zero-order valence-corrected chi connectivity index (χ0v) is 26.5. The van der Waals surface area contributed by atoms with Gasteiger partial charge in [-0.3, -0.25) is 14.4 Å². The van der Waals surface area contributed by atoms with Gasteiger partial charge in [-0.25, -0.2) is 4.98 Å². The predicted octanol–water partition coefficient (Wildman–Crippen LogP) is 6.98. The van der Waals surface area contributed by atoms with Crippen LogP contribution >= 0.6 is 11.8 Å². The first-order chi connectivity index (χ1) is 22.9. The van der Waals surface area contributed by atoms with E-state index in [1.54, 1.807) is 91.1 Å². The number of hydrogen-bond acceptors (Lipinski definition) is 7. The van der Waals surface area contributed by atoms with Crippen molar-refractivity contribution in [3.05, 3.63) is 150 Å². The summed E-state index contributed by atoms with van der Waals surface area (Å²) >= 11 is 1.33. The van der Waals surface area contributed by atoms with Gasteiger partial charge < -0.3 is 25.4 Å². The fourth-order valence-electron chi connectivity index (χ4n) is 4.63. The Morgan fingerprint density at radius 1 is 0.766 bits per heavy atom. The summed E-state index contributed by atoms with van der Waals surface area (Å²) in [4.78, 5) is 45.3. The molecule has 47 heavy (non-hydrogen) atoms. The van der Waals surface area contributed by atoms with Gasteiger partial charge in [-0.1, -0.05) is 72.8 Å². The Morgan fingerprint density at radius 2 is 1.49 bits per heavy atom. The van der Waals surface area contributed by atoms with Crippen LogP contribution in [0.5, 0.6) is 11.5 Å². The van der Waals surface area contributed by atoms with Crippen LogP contribution in [0.3, 0.4) is 0 Å². The number of para-hydroxylation sites is 1. The second-order valence-corrected chi connectivity index (χ2v) is 11.2. The standard InChI is InChI=1S/C37H32N4O5S/c1-45-31-20-11-17-27(33(31)46-2)23-30(40-35(42)26-15-7-4-8-16-26)36(43)39-28-18-12-19-29(24-28)47-34(25-13-5-3-6-14-25)37(44)41-32-21-9-10-22-38-32/h3-24,34H,1-2H3,(H,39,43)(H,40,42)(H,38,41,44)/b30-23+. The minimum Gasteiger partial charge on any atom is -0.493 e. The summed E-state index contributed by atoms with van der Waals surface area (Å²) in [5, 5.41) is 7.92. The first kappa shape index (κ1) is 32.5. The molecule has 5 rings (SSSR count). The van der Waals surface area contributed by atoms with Crippen molar-refractivity contribution in [3.63, 3.8) is 0 Å². The molecule has 5 aromatic rings. The maximum atomic E-state index is 13.8. The molecule has 9 nitrogen and oxygen atoms in total. The molecule has 0 radical (unpaired) electrons. The van der Waals surface area contributed by atoms with Gasteiger partial charge in [0, 0.05) is 27.9 Å². The Hall–Kier alpha value is -5.87. The number of aromatic nitrogens is 1. The lowest BCUT2D eigenvalue weighted by atomic mass is 10.1. The molecule has 1 atom stereocenters. The normalized spacial score (nSPS) is 11.6. The van der Waals surface area contributed by atoms with E-state index in [1.807, 2.05) is 36.4 Å². The lowest BCUT2D eigenvalue weighted by Crippen LogP contribution is -2.30. The molecule has 1 unspecified atom stereocenters. The third kappa shape index (κ3) is 8.65. The van der Waals surface area contributed by atoms with E-state index in [0.717, 1.165) is 10.5 Å². The number of anilines is 2. The third-order valence-corrected chi connectivity index (χ3v) is 8.11. The molecular weight excluding hydrogens is 612 g/mol. The molecule has 0 saturated heterocycles. The number of benzene rings is 4. The van der Waals surface area contributed by atoms with Crippen molar-refractivity contribution in [3.8, 4) is 11.5 Å². The van der Waals surface area contributed by atoms with Gasteiger partial charge in [0.15, 0.2) is 11.5 Å². The quantitative estimate of drug-likeness (QED) is 0.0991. The van der Waals surface area contributed by atoms with Gasteiger partial charge in [0.2, 0.25) is 5.91 Å². The van der Waals surface area contributed by atoms with Crippen LogP contribution in [0.1, 0.15) is 26.7 Å². The van der Waals surface area contributed by atoms with E-state index in [2.05, 4.69) is 20.9 Å². The van der Waals surface area contributed by atoms with Gasteiger partial charge in [-0.15, -0.1) is 11.8 Å². The van der Waals surface area contributed by atoms with Crippen LogP contribution in [-0.4, -0.2) is 36.9 Å². The van der Waals surface area contributed by atoms with Gasteiger partial charge in [0.05, 0.1) is 14.2 Å². The van der Waals surface area contributed by atoms with E-state index < -0.39 is 17.1 Å². The number of nitrogens with zero attached hydrogens (tertiary/aromatic N) is 1. The number of methoxy groups -OCH3 is 2. The van der Waals surface area contributed by atoms with Gasteiger partial charge in [-0.2, -0.15) is 0 Å². The maximum absolute atomic E-state index is 13.8. The Balaban J connectivity index is 1.41. The topological polar surface area (TPSA) is 119 Å².